The van der Waals surface area contributed by atoms with E-state index in [0.29, 0.717) is 0 Å². The molecule has 3 N–H and O–H groups in total. The number of methoxy groups -OCH3 is 2. The van der Waals surface area contributed by atoms with Crippen LogP contribution < -0.4 is 15.2 Å². The summed E-state index contributed by atoms with van der Waals surface area (Å²) in [4.78, 5) is -0.482. The molecule has 0 aliphatic heterocycles. The zero-order valence-corrected chi connectivity index (χ0v) is 9.04. The van der Waals surface area contributed by atoms with Crippen LogP contribution in [0.3, 0.4) is 0 Å². The molecule has 0 bridgehead atoms. The SMILES string of the molecule is COc1ccc(OC)c(S(=O)(=O)O)c1N. The van der Waals surface area contributed by atoms with Crippen LogP contribution in [0.15, 0.2) is 17.0 Å². The molecule has 0 aliphatic rings. The molecule has 15 heavy (non-hydrogen) atoms. The van der Waals surface area contributed by atoms with Crippen molar-refractivity contribution in [1.29, 1.82) is 0 Å². The predicted molar refractivity (Wildman–Crippen MR) is 53.8 cm³/mol. The van der Waals surface area contributed by atoms with Gasteiger partial charge in [-0.25, -0.2) is 0 Å². The zero-order chi connectivity index (χ0) is 11.6. The van der Waals surface area contributed by atoms with Gasteiger partial charge in [-0.15, -0.1) is 0 Å². The third-order valence-electron chi connectivity index (χ3n) is 1.82. The normalized spacial score (nSPS) is 11.1. The van der Waals surface area contributed by atoms with E-state index in [1.165, 1.54) is 26.4 Å². The molecule has 0 unspecified atom stereocenters. The maximum absolute atomic E-state index is 11.0. The fourth-order valence-corrected chi connectivity index (χ4v) is 1.95. The van der Waals surface area contributed by atoms with Crippen LogP contribution in [0.4, 0.5) is 5.69 Å². The number of anilines is 1. The summed E-state index contributed by atoms with van der Waals surface area (Å²) < 4.78 is 40.6. The Balaban J connectivity index is 3.58. The molecule has 0 fully saturated rings. The summed E-state index contributed by atoms with van der Waals surface area (Å²) >= 11 is 0. The molecule has 0 aliphatic carbocycles. The Morgan fingerprint density at radius 1 is 1.20 bits per heavy atom. The molecule has 1 rings (SSSR count). The van der Waals surface area contributed by atoms with Crippen LogP contribution in [0.5, 0.6) is 11.5 Å². The van der Waals surface area contributed by atoms with E-state index in [9.17, 15) is 8.42 Å². The molecule has 0 spiro atoms. The second-order valence-corrected chi connectivity index (χ2v) is 4.05. The Kier molecular flexibility index (Phi) is 3.06. The van der Waals surface area contributed by atoms with E-state index in [2.05, 4.69) is 0 Å². The third kappa shape index (κ3) is 2.13. The van der Waals surface area contributed by atoms with Gasteiger partial charge in [0.15, 0.2) is 4.90 Å². The zero-order valence-electron chi connectivity index (χ0n) is 8.22. The first-order valence-electron chi connectivity index (χ1n) is 3.89. The van der Waals surface area contributed by atoms with Crippen molar-refractivity contribution in [2.75, 3.05) is 20.0 Å². The lowest BCUT2D eigenvalue weighted by molar-refractivity contribution is 0.390. The highest BCUT2D eigenvalue weighted by Gasteiger charge is 2.22. The summed E-state index contributed by atoms with van der Waals surface area (Å²) in [5, 5.41) is 0. The van der Waals surface area contributed by atoms with Crippen LogP contribution in [0.2, 0.25) is 0 Å². The van der Waals surface area contributed by atoms with Crippen molar-refractivity contribution >= 4 is 15.8 Å². The minimum absolute atomic E-state index is 0.0317. The highest BCUT2D eigenvalue weighted by Crippen LogP contribution is 2.35. The van der Waals surface area contributed by atoms with Crippen LogP contribution in [0.1, 0.15) is 0 Å². The fraction of sp³-hybridized carbons (Fsp3) is 0.250. The van der Waals surface area contributed by atoms with E-state index >= 15 is 0 Å². The number of ether oxygens (including phenoxy) is 2. The van der Waals surface area contributed by atoms with E-state index in [1.807, 2.05) is 0 Å². The van der Waals surface area contributed by atoms with Gasteiger partial charge in [-0.05, 0) is 12.1 Å². The summed E-state index contributed by atoms with van der Waals surface area (Å²) in [7, 11) is -1.83. The van der Waals surface area contributed by atoms with Gasteiger partial charge in [-0.1, -0.05) is 0 Å². The average molecular weight is 233 g/mol. The van der Waals surface area contributed by atoms with Gasteiger partial charge in [0, 0.05) is 0 Å². The molecule has 0 atom stereocenters. The molecule has 7 heteroatoms. The Morgan fingerprint density at radius 3 is 2.07 bits per heavy atom. The molecule has 0 aromatic heterocycles. The van der Waals surface area contributed by atoms with Gasteiger partial charge in [0.2, 0.25) is 0 Å². The second-order valence-electron chi connectivity index (χ2n) is 2.69. The summed E-state index contributed by atoms with van der Waals surface area (Å²) in [6.45, 7) is 0. The molecule has 1 aromatic carbocycles. The molecule has 0 heterocycles. The molecule has 6 nitrogen and oxygen atoms in total. The predicted octanol–water partition coefficient (Wildman–Crippen LogP) is 0.533. The first kappa shape index (κ1) is 11.6. The van der Waals surface area contributed by atoms with Crippen molar-refractivity contribution in [1.82, 2.24) is 0 Å². The molecule has 1 aromatic rings. The molecule has 0 amide bonds. The van der Waals surface area contributed by atoms with Gasteiger partial charge in [0.05, 0.1) is 19.9 Å². The molecule has 0 saturated heterocycles. The summed E-state index contributed by atoms with van der Waals surface area (Å²) in [6, 6.07) is 2.79. The van der Waals surface area contributed by atoms with Crippen LogP contribution in [-0.4, -0.2) is 27.2 Å². The van der Waals surface area contributed by atoms with Gasteiger partial charge in [-0.3, -0.25) is 4.55 Å². The lowest BCUT2D eigenvalue weighted by Crippen LogP contribution is -2.07. The van der Waals surface area contributed by atoms with E-state index in [1.54, 1.807) is 0 Å². The van der Waals surface area contributed by atoms with E-state index < -0.39 is 15.0 Å². The van der Waals surface area contributed by atoms with Crippen molar-refractivity contribution in [3.05, 3.63) is 12.1 Å². The minimum Gasteiger partial charge on any atom is -0.495 e. The average Bonchev–Trinajstić information content (AvgIpc) is 2.15. The smallest absolute Gasteiger partial charge is 0.300 e. The number of nitrogens with two attached hydrogens (primary N) is 1. The molecule has 0 saturated carbocycles. The number of rotatable bonds is 3. The topological polar surface area (TPSA) is 98.8 Å². The summed E-state index contributed by atoms with van der Waals surface area (Å²) in [5.41, 5.74) is 5.33. The number of hydrogen-bond donors (Lipinski definition) is 2. The van der Waals surface area contributed by atoms with Gasteiger partial charge < -0.3 is 15.2 Å². The first-order valence-corrected chi connectivity index (χ1v) is 5.33. The number of hydrogen-bond acceptors (Lipinski definition) is 5. The molecular weight excluding hydrogens is 222 g/mol. The Labute approximate surface area is 87.4 Å². The van der Waals surface area contributed by atoms with Crippen LogP contribution in [0.25, 0.3) is 0 Å². The van der Waals surface area contributed by atoms with Gasteiger partial charge in [0.25, 0.3) is 10.1 Å². The van der Waals surface area contributed by atoms with Crippen molar-refractivity contribution in [2.45, 2.75) is 4.90 Å². The number of nitrogen functional groups attached to an aromatic ring is 1. The maximum atomic E-state index is 11.0. The van der Waals surface area contributed by atoms with Crippen LogP contribution in [-0.2, 0) is 10.1 Å². The molecular formula is C8H11NO5S. The Hall–Kier alpha value is -1.47. The second kappa shape index (κ2) is 3.95. The van der Waals surface area contributed by atoms with Crippen molar-refractivity contribution in [3.8, 4) is 11.5 Å². The van der Waals surface area contributed by atoms with Crippen molar-refractivity contribution in [2.24, 2.45) is 0 Å². The van der Waals surface area contributed by atoms with E-state index in [4.69, 9.17) is 19.8 Å². The lowest BCUT2D eigenvalue weighted by atomic mass is 10.3. The highest BCUT2D eigenvalue weighted by molar-refractivity contribution is 7.86. The summed E-state index contributed by atoms with van der Waals surface area (Å²) in [5.74, 6) is 0.124. The van der Waals surface area contributed by atoms with Gasteiger partial charge >= 0.3 is 0 Å². The number of benzene rings is 1. The molecule has 0 radical (unpaired) electrons. The quantitative estimate of drug-likeness (QED) is 0.583. The minimum atomic E-state index is -4.44. The fourth-order valence-electron chi connectivity index (χ4n) is 1.17. The van der Waals surface area contributed by atoms with E-state index in [-0.39, 0.29) is 17.2 Å². The van der Waals surface area contributed by atoms with Crippen molar-refractivity contribution in [3.63, 3.8) is 0 Å². The van der Waals surface area contributed by atoms with Gasteiger partial charge in [0.1, 0.15) is 11.5 Å². The Bertz CT molecular complexity index is 468. The maximum Gasteiger partial charge on any atom is 0.300 e. The monoisotopic (exact) mass is 233 g/mol. The Morgan fingerprint density at radius 2 is 1.67 bits per heavy atom. The van der Waals surface area contributed by atoms with Gasteiger partial charge in [-0.2, -0.15) is 8.42 Å². The third-order valence-corrected chi connectivity index (χ3v) is 2.75. The van der Waals surface area contributed by atoms with Crippen LogP contribution in [0, 0.1) is 0 Å². The first-order chi connectivity index (χ1) is 6.91. The standard InChI is InChI=1S/C8H11NO5S/c1-13-5-3-4-6(14-2)8(7(5)9)15(10,11)12/h3-4H,9H2,1-2H3,(H,10,11,12). The summed E-state index contributed by atoms with van der Waals surface area (Å²) in [6.07, 6.45) is 0. The van der Waals surface area contributed by atoms with E-state index in [0.717, 1.165) is 0 Å². The largest absolute Gasteiger partial charge is 0.495 e. The van der Waals surface area contributed by atoms with Crippen molar-refractivity contribution < 1.29 is 22.4 Å². The van der Waals surface area contributed by atoms with Crippen LogP contribution >= 0.6 is 0 Å². The molecule has 84 valence electrons. The lowest BCUT2D eigenvalue weighted by Gasteiger charge is -2.11. The highest BCUT2D eigenvalue weighted by atomic mass is 32.2.